The summed E-state index contributed by atoms with van der Waals surface area (Å²) in [5.74, 6) is -1.31. The lowest BCUT2D eigenvalue weighted by Crippen LogP contribution is -2.52. The molecule has 1 saturated heterocycles. The molecular formula is C12H11N5O3. The van der Waals surface area contributed by atoms with E-state index in [1.54, 1.807) is 6.07 Å². The molecule has 20 heavy (non-hydrogen) atoms. The van der Waals surface area contributed by atoms with Gasteiger partial charge in [-0.2, -0.15) is 0 Å². The number of hydrogen-bond acceptors (Lipinski definition) is 5. The van der Waals surface area contributed by atoms with Gasteiger partial charge in [-0.1, -0.05) is 0 Å². The predicted octanol–water partition coefficient (Wildman–Crippen LogP) is -0.507. The number of piperidine rings is 1. The van der Waals surface area contributed by atoms with Crippen LogP contribution < -0.4 is 10.6 Å². The molecule has 1 unspecified atom stereocenters. The quantitative estimate of drug-likeness (QED) is 0.637. The fourth-order valence-corrected chi connectivity index (χ4v) is 2.09. The van der Waals surface area contributed by atoms with Gasteiger partial charge in [0.25, 0.3) is 5.91 Å². The molecule has 0 radical (unpaired) electrons. The lowest BCUT2D eigenvalue weighted by atomic mass is 10.1. The zero-order chi connectivity index (χ0) is 14.1. The maximum atomic E-state index is 12.2. The van der Waals surface area contributed by atoms with E-state index in [9.17, 15) is 14.4 Å². The monoisotopic (exact) mass is 273 g/mol. The van der Waals surface area contributed by atoms with Gasteiger partial charge in [0.2, 0.25) is 11.8 Å². The number of hydrogen-bond donors (Lipinski definition) is 3. The van der Waals surface area contributed by atoms with Crippen LogP contribution in [0.15, 0.2) is 18.6 Å². The van der Waals surface area contributed by atoms with Crippen LogP contribution in [0.3, 0.4) is 0 Å². The number of aromatic amines is 1. The van der Waals surface area contributed by atoms with E-state index in [0.29, 0.717) is 11.0 Å². The van der Waals surface area contributed by atoms with Crippen LogP contribution in [0.2, 0.25) is 0 Å². The number of amides is 3. The maximum absolute atomic E-state index is 12.2. The lowest BCUT2D eigenvalue weighted by Gasteiger charge is -2.21. The van der Waals surface area contributed by atoms with Crippen LogP contribution in [0.25, 0.3) is 11.0 Å². The molecule has 1 atom stereocenters. The van der Waals surface area contributed by atoms with Gasteiger partial charge in [-0.25, -0.2) is 9.97 Å². The summed E-state index contributed by atoms with van der Waals surface area (Å²) in [5.41, 5.74) is 1.28. The molecule has 2 aromatic heterocycles. The van der Waals surface area contributed by atoms with E-state index in [1.165, 1.54) is 12.5 Å². The molecule has 102 valence electrons. The Bertz CT molecular complexity index is 708. The van der Waals surface area contributed by atoms with E-state index in [4.69, 9.17) is 0 Å². The zero-order valence-electron chi connectivity index (χ0n) is 10.3. The number of imidazole rings is 1. The van der Waals surface area contributed by atoms with E-state index in [0.717, 1.165) is 0 Å². The van der Waals surface area contributed by atoms with Gasteiger partial charge < -0.3 is 10.3 Å². The Balaban J connectivity index is 1.81. The van der Waals surface area contributed by atoms with Crippen LogP contribution in [-0.2, 0) is 9.59 Å². The Morgan fingerprint density at radius 2 is 2.20 bits per heavy atom. The van der Waals surface area contributed by atoms with Crippen molar-refractivity contribution in [3.8, 4) is 0 Å². The summed E-state index contributed by atoms with van der Waals surface area (Å²) in [5, 5.41) is 4.75. The Kier molecular flexibility index (Phi) is 2.90. The number of nitrogens with one attached hydrogen (secondary N) is 3. The van der Waals surface area contributed by atoms with E-state index >= 15 is 0 Å². The molecule has 0 bridgehead atoms. The average Bonchev–Trinajstić information content (AvgIpc) is 2.90. The summed E-state index contributed by atoms with van der Waals surface area (Å²) in [6, 6.07) is 0.974. The van der Waals surface area contributed by atoms with E-state index in [2.05, 4.69) is 25.6 Å². The molecule has 1 fully saturated rings. The van der Waals surface area contributed by atoms with Crippen molar-refractivity contribution in [2.24, 2.45) is 0 Å². The van der Waals surface area contributed by atoms with E-state index in [1.807, 2.05) is 0 Å². The van der Waals surface area contributed by atoms with Crippen molar-refractivity contribution in [3.05, 3.63) is 24.3 Å². The van der Waals surface area contributed by atoms with Gasteiger partial charge in [0, 0.05) is 12.6 Å². The van der Waals surface area contributed by atoms with Gasteiger partial charge in [-0.15, -0.1) is 0 Å². The first-order valence-corrected chi connectivity index (χ1v) is 6.08. The number of fused-ring (bicyclic) bond motifs is 1. The summed E-state index contributed by atoms with van der Waals surface area (Å²) in [6.45, 7) is 0. The highest BCUT2D eigenvalue weighted by Crippen LogP contribution is 2.12. The first-order chi connectivity index (χ1) is 9.65. The molecule has 1 aliphatic heterocycles. The first-order valence-electron chi connectivity index (χ1n) is 6.08. The SMILES string of the molecule is O=C1CCC(NC(=O)c2nccc3[nH]cnc23)C(=O)N1. The van der Waals surface area contributed by atoms with Crippen LogP contribution in [0.1, 0.15) is 23.3 Å². The molecule has 3 amide bonds. The molecule has 2 aromatic rings. The summed E-state index contributed by atoms with van der Waals surface area (Å²) in [4.78, 5) is 45.7. The van der Waals surface area contributed by atoms with Crippen molar-refractivity contribution >= 4 is 28.8 Å². The van der Waals surface area contributed by atoms with Crippen molar-refractivity contribution in [1.82, 2.24) is 25.6 Å². The molecule has 0 spiro atoms. The fourth-order valence-electron chi connectivity index (χ4n) is 2.09. The van der Waals surface area contributed by atoms with Crippen LogP contribution in [0.5, 0.6) is 0 Å². The molecule has 1 aliphatic rings. The Hall–Kier alpha value is -2.77. The highest BCUT2D eigenvalue weighted by Gasteiger charge is 2.29. The van der Waals surface area contributed by atoms with Crippen LogP contribution >= 0.6 is 0 Å². The Morgan fingerprint density at radius 3 is 3.00 bits per heavy atom. The van der Waals surface area contributed by atoms with Gasteiger partial charge in [-0.05, 0) is 12.5 Å². The predicted molar refractivity (Wildman–Crippen MR) is 67.5 cm³/mol. The molecule has 8 heteroatoms. The number of pyridine rings is 1. The molecule has 8 nitrogen and oxygen atoms in total. The number of carbonyl (C=O) groups excluding carboxylic acids is 3. The number of nitrogens with zero attached hydrogens (tertiary/aromatic N) is 2. The summed E-state index contributed by atoms with van der Waals surface area (Å²) >= 11 is 0. The first kappa shape index (κ1) is 12.3. The Labute approximate surface area is 113 Å². The standard InChI is InChI=1S/C12H11N5O3/c18-8-2-1-7(11(19)17-8)16-12(20)10-9-6(3-4-13-10)14-5-15-9/h3-5,7H,1-2H2,(H,14,15)(H,16,20)(H,17,18,19). The summed E-state index contributed by atoms with van der Waals surface area (Å²) in [7, 11) is 0. The van der Waals surface area contributed by atoms with Crippen molar-refractivity contribution in [3.63, 3.8) is 0 Å². The molecule has 3 heterocycles. The van der Waals surface area contributed by atoms with Gasteiger partial charge in [0.15, 0.2) is 5.69 Å². The van der Waals surface area contributed by atoms with Gasteiger partial charge in [0.1, 0.15) is 11.6 Å². The second kappa shape index (κ2) is 4.72. The molecule has 3 N–H and O–H groups in total. The second-order valence-corrected chi connectivity index (χ2v) is 4.44. The smallest absolute Gasteiger partial charge is 0.272 e. The fraction of sp³-hybridized carbons (Fsp3) is 0.250. The summed E-state index contributed by atoms with van der Waals surface area (Å²) < 4.78 is 0. The zero-order valence-corrected chi connectivity index (χ0v) is 10.3. The number of rotatable bonds is 2. The van der Waals surface area contributed by atoms with Crippen LogP contribution in [0, 0.1) is 0 Å². The third-order valence-electron chi connectivity index (χ3n) is 3.10. The molecular weight excluding hydrogens is 262 g/mol. The molecule has 0 saturated carbocycles. The van der Waals surface area contributed by atoms with Gasteiger partial charge in [-0.3, -0.25) is 19.7 Å². The molecule has 0 aliphatic carbocycles. The highest BCUT2D eigenvalue weighted by molar-refractivity contribution is 6.06. The normalized spacial score (nSPS) is 18.9. The number of aromatic nitrogens is 3. The van der Waals surface area contributed by atoms with Gasteiger partial charge >= 0.3 is 0 Å². The van der Waals surface area contributed by atoms with Crippen molar-refractivity contribution < 1.29 is 14.4 Å². The number of H-pyrrole nitrogens is 1. The number of imide groups is 1. The van der Waals surface area contributed by atoms with Crippen LogP contribution in [0.4, 0.5) is 0 Å². The minimum Gasteiger partial charge on any atom is -0.344 e. The van der Waals surface area contributed by atoms with Crippen molar-refractivity contribution in [1.29, 1.82) is 0 Å². The maximum Gasteiger partial charge on any atom is 0.272 e. The van der Waals surface area contributed by atoms with Crippen molar-refractivity contribution in [2.75, 3.05) is 0 Å². The topological polar surface area (TPSA) is 117 Å². The van der Waals surface area contributed by atoms with E-state index in [-0.39, 0.29) is 24.4 Å². The van der Waals surface area contributed by atoms with Crippen LogP contribution in [-0.4, -0.2) is 38.7 Å². The second-order valence-electron chi connectivity index (χ2n) is 4.44. The van der Waals surface area contributed by atoms with Gasteiger partial charge in [0.05, 0.1) is 11.8 Å². The summed E-state index contributed by atoms with van der Waals surface area (Å²) in [6.07, 6.45) is 3.44. The lowest BCUT2D eigenvalue weighted by molar-refractivity contribution is -0.134. The average molecular weight is 273 g/mol. The highest BCUT2D eigenvalue weighted by atomic mass is 16.2. The largest absolute Gasteiger partial charge is 0.344 e. The minimum atomic E-state index is -0.726. The van der Waals surface area contributed by atoms with E-state index < -0.39 is 17.9 Å². The third kappa shape index (κ3) is 2.11. The van der Waals surface area contributed by atoms with Crippen molar-refractivity contribution in [2.45, 2.75) is 18.9 Å². The molecule has 0 aromatic carbocycles. The minimum absolute atomic E-state index is 0.147. The number of carbonyl (C=O) groups is 3. The molecule has 3 rings (SSSR count). The third-order valence-corrected chi connectivity index (χ3v) is 3.10. The Morgan fingerprint density at radius 1 is 1.35 bits per heavy atom.